The number of nitrogens with zero attached hydrogens (tertiary/aromatic N) is 4. The second-order valence-electron chi connectivity index (χ2n) is 7.40. The first kappa shape index (κ1) is 21.4. The number of pyridine rings is 1. The van der Waals surface area contributed by atoms with Gasteiger partial charge >= 0.3 is 6.36 Å². The minimum atomic E-state index is -4.85. The number of alkyl halides is 3. The van der Waals surface area contributed by atoms with Crippen LogP contribution in [0.3, 0.4) is 0 Å². The summed E-state index contributed by atoms with van der Waals surface area (Å²) < 4.78 is 48.1. The highest BCUT2D eigenvalue weighted by molar-refractivity contribution is 6.37. The van der Waals surface area contributed by atoms with Gasteiger partial charge < -0.3 is 9.47 Å². The number of rotatable bonds is 4. The number of benzene rings is 2. The molecule has 1 aliphatic heterocycles. The van der Waals surface area contributed by atoms with Gasteiger partial charge in [0.2, 0.25) is 0 Å². The zero-order chi connectivity index (χ0) is 24.2. The van der Waals surface area contributed by atoms with Gasteiger partial charge in [-0.15, -0.1) is 13.2 Å². The van der Waals surface area contributed by atoms with E-state index in [0.29, 0.717) is 28.2 Å². The molecule has 2 aromatic heterocycles. The van der Waals surface area contributed by atoms with Gasteiger partial charge in [-0.3, -0.25) is 9.59 Å². The molecule has 4 aromatic rings. The van der Waals surface area contributed by atoms with Crippen molar-refractivity contribution < 1.29 is 32.2 Å². The minimum absolute atomic E-state index is 0.0794. The number of hydrogen-bond donors (Lipinski definition) is 0. The fourth-order valence-electron chi connectivity index (χ4n) is 3.96. The Morgan fingerprint density at radius 3 is 2.35 bits per heavy atom. The van der Waals surface area contributed by atoms with Crippen LogP contribution in [0.2, 0.25) is 0 Å². The standard InChI is InChI=1S/C23H15F3N4O4/c1-12-18-19-15(11-27-20(18)30(28-12)16-5-3-4-6-17(16)33-2)21(31)29(22(19)32)13-7-9-14(10-8-13)34-23(24,25)26/h3-11H,1-2H3. The summed E-state index contributed by atoms with van der Waals surface area (Å²) in [6.07, 6.45) is -3.56. The average Bonchev–Trinajstić information content (AvgIpc) is 3.27. The topological polar surface area (TPSA) is 86.6 Å². The fraction of sp³-hybridized carbons (Fsp3) is 0.130. The number of amides is 2. The zero-order valence-electron chi connectivity index (χ0n) is 17.8. The smallest absolute Gasteiger partial charge is 0.494 e. The van der Waals surface area contributed by atoms with Crippen molar-refractivity contribution in [3.05, 3.63) is 71.5 Å². The number of carbonyl (C=O) groups is 2. The summed E-state index contributed by atoms with van der Waals surface area (Å²) in [6.45, 7) is 1.69. The van der Waals surface area contributed by atoms with E-state index in [1.165, 1.54) is 30.1 Å². The van der Waals surface area contributed by atoms with Gasteiger partial charge in [0, 0.05) is 6.20 Å². The molecule has 1 aliphatic rings. The van der Waals surface area contributed by atoms with Crippen LogP contribution in [-0.2, 0) is 0 Å². The molecule has 2 amide bonds. The highest BCUT2D eigenvalue weighted by atomic mass is 19.4. The highest BCUT2D eigenvalue weighted by Gasteiger charge is 2.40. The van der Waals surface area contributed by atoms with Crippen LogP contribution in [0.4, 0.5) is 18.9 Å². The Morgan fingerprint density at radius 1 is 0.971 bits per heavy atom. The molecule has 0 aliphatic carbocycles. The van der Waals surface area contributed by atoms with Crippen molar-refractivity contribution in [2.24, 2.45) is 0 Å². The van der Waals surface area contributed by atoms with Gasteiger partial charge in [0.15, 0.2) is 5.65 Å². The highest BCUT2D eigenvalue weighted by Crippen LogP contribution is 2.36. The summed E-state index contributed by atoms with van der Waals surface area (Å²) in [5, 5.41) is 4.92. The molecule has 0 spiro atoms. The number of aromatic nitrogens is 3. The Labute approximate surface area is 190 Å². The first-order chi connectivity index (χ1) is 16.2. The third kappa shape index (κ3) is 3.33. The van der Waals surface area contributed by atoms with Crippen LogP contribution >= 0.6 is 0 Å². The van der Waals surface area contributed by atoms with Crippen LogP contribution in [-0.4, -0.2) is 40.1 Å². The SMILES string of the molecule is COc1ccccc1-n1nc(C)c2c3c(cnc21)C(=O)N(c1ccc(OC(F)(F)F)cc1)C3=O. The Bertz CT molecular complexity index is 1460. The molecule has 172 valence electrons. The van der Waals surface area contributed by atoms with Crippen LogP contribution in [0.5, 0.6) is 11.5 Å². The number of ether oxygens (including phenoxy) is 2. The second kappa shape index (κ2) is 7.58. The molecule has 2 aromatic carbocycles. The summed E-state index contributed by atoms with van der Waals surface area (Å²) in [4.78, 5) is 31.7. The summed E-state index contributed by atoms with van der Waals surface area (Å²) in [7, 11) is 1.52. The van der Waals surface area contributed by atoms with Crippen LogP contribution in [0.1, 0.15) is 26.4 Å². The van der Waals surface area contributed by atoms with Crippen molar-refractivity contribution in [1.82, 2.24) is 14.8 Å². The fourth-order valence-corrected chi connectivity index (χ4v) is 3.96. The van der Waals surface area contributed by atoms with Crippen LogP contribution in [0, 0.1) is 6.92 Å². The van der Waals surface area contributed by atoms with E-state index in [1.807, 2.05) is 0 Å². The monoisotopic (exact) mass is 468 g/mol. The predicted molar refractivity (Wildman–Crippen MR) is 114 cm³/mol. The molecule has 8 nitrogen and oxygen atoms in total. The molecule has 0 atom stereocenters. The van der Waals surface area contributed by atoms with E-state index in [9.17, 15) is 22.8 Å². The van der Waals surface area contributed by atoms with Crippen molar-refractivity contribution in [1.29, 1.82) is 0 Å². The van der Waals surface area contributed by atoms with E-state index < -0.39 is 23.9 Å². The van der Waals surface area contributed by atoms with Gasteiger partial charge in [0.1, 0.15) is 17.2 Å². The van der Waals surface area contributed by atoms with Gasteiger partial charge in [-0.1, -0.05) is 12.1 Å². The first-order valence-electron chi connectivity index (χ1n) is 9.96. The van der Waals surface area contributed by atoms with Crippen LogP contribution < -0.4 is 14.4 Å². The van der Waals surface area contributed by atoms with E-state index >= 15 is 0 Å². The first-order valence-corrected chi connectivity index (χ1v) is 9.96. The van der Waals surface area contributed by atoms with Gasteiger partial charge in [-0.05, 0) is 43.3 Å². The number of carbonyl (C=O) groups excluding carboxylic acids is 2. The number of hydrogen-bond acceptors (Lipinski definition) is 6. The lowest BCUT2D eigenvalue weighted by Crippen LogP contribution is -2.29. The molecule has 0 saturated carbocycles. The number of anilines is 1. The maximum atomic E-state index is 13.4. The van der Waals surface area contributed by atoms with E-state index in [0.717, 1.165) is 17.0 Å². The average molecular weight is 468 g/mol. The van der Waals surface area contributed by atoms with Gasteiger partial charge in [0.05, 0.1) is 35.0 Å². The largest absolute Gasteiger partial charge is 0.573 e. The number of halogens is 3. The Morgan fingerprint density at radius 2 is 1.68 bits per heavy atom. The Balaban J connectivity index is 1.59. The maximum absolute atomic E-state index is 13.4. The molecule has 0 N–H and O–H groups in total. The predicted octanol–water partition coefficient (Wildman–Crippen LogP) is 4.44. The molecule has 0 saturated heterocycles. The molecule has 0 unspecified atom stereocenters. The van der Waals surface area contributed by atoms with E-state index in [1.54, 1.807) is 31.2 Å². The lowest BCUT2D eigenvalue weighted by atomic mass is 10.1. The number of imide groups is 1. The Kier molecular flexibility index (Phi) is 4.78. The van der Waals surface area contributed by atoms with Gasteiger partial charge in [-0.25, -0.2) is 14.6 Å². The van der Waals surface area contributed by atoms with Crippen molar-refractivity contribution in [3.63, 3.8) is 0 Å². The van der Waals surface area contributed by atoms with Crippen molar-refractivity contribution >= 4 is 28.5 Å². The lowest BCUT2D eigenvalue weighted by Gasteiger charge is -2.15. The summed E-state index contributed by atoms with van der Waals surface area (Å²) in [5.74, 6) is -1.19. The zero-order valence-corrected chi connectivity index (χ0v) is 17.8. The third-order valence-corrected chi connectivity index (χ3v) is 5.36. The van der Waals surface area contributed by atoms with Gasteiger partial charge in [0.25, 0.3) is 11.8 Å². The lowest BCUT2D eigenvalue weighted by molar-refractivity contribution is -0.274. The molecular weight excluding hydrogens is 453 g/mol. The number of aryl methyl sites for hydroxylation is 1. The molecule has 34 heavy (non-hydrogen) atoms. The number of fused-ring (bicyclic) bond motifs is 3. The van der Waals surface area contributed by atoms with E-state index in [2.05, 4.69) is 14.8 Å². The summed E-state index contributed by atoms with van der Waals surface area (Å²) in [5.41, 5.74) is 1.74. The second-order valence-corrected chi connectivity index (χ2v) is 7.40. The normalized spacial score (nSPS) is 13.5. The summed E-state index contributed by atoms with van der Waals surface area (Å²) >= 11 is 0. The molecule has 0 bridgehead atoms. The van der Waals surface area contributed by atoms with Crippen LogP contribution in [0.25, 0.3) is 16.7 Å². The van der Waals surface area contributed by atoms with E-state index in [4.69, 9.17) is 4.74 Å². The summed E-state index contributed by atoms with van der Waals surface area (Å²) in [6, 6.07) is 11.6. The van der Waals surface area contributed by atoms with Gasteiger partial charge in [-0.2, -0.15) is 5.10 Å². The molecule has 5 rings (SSSR count). The van der Waals surface area contributed by atoms with Crippen LogP contribution in [0.15, 0.2) is 54.7 Å². The minimum Gasteiger partial charge on any atom is -0.494 e. The van der Waals surface area contributed by atoms with Crippen molar-refractivity contribution in [2.45, 2.75) is 13.3 Å². The Hall–Kier alpha value is -4.41. The van der Waals surface area contributed by atoms with Crippen molar-refractivity contribution in [2.75, 3.05) is 12.0 Å². The molecule has 0 radical (unpaired) electrons. The van der Waals surface area contributed by atoms with E-state index in [-0.39, 0.29) is 16.8 Å². The molecule has 3 heterocycles. The number of para-hydroxylation sites is 2. The molecule has 11 heteroatoms. The number of methoxy groups -OCH3 is 1. The van der Waals surface area contributed by atoms with Crippen molar-refractivity contribution in [3.8, 4) is 17.2 Å². The molecule has 0 fully saturated rings. The third-order valence-electron chi connectivity index (χ3n) is 5.36. The maximum Gasteiger partial charge on any atom is 0.573 e. The molecular formula is C23H15F3N4O4. The quantitative estimate of drug-likeness (QED) is 0.412.